The molecule has 0 radical (unpaired) electrons. The van der Waals surface area contributed by atoms with E-state index in [4.69, 9.17) is 0 Å². The van der Waals surface area contributed by atoms with Crippen LogP contribution >= 0.6 is 23.1 Å². The summed E-state index contributed by atoms with van der Waals surface area (Å²) in [5, 5.41) is 8.94. The average molecular weight is 332 g/mol. The van der Waals surface area contributed by atoms with Gasteiger partial charge in [-0.1, -0.05) is 66.6 Å². The SMILES string of the molecule is Cc1nnc(SCC(=O)c2ccc(C3CCCCC3)cc2)s1. The van der Waals surface area contributed by atoms with Gasteiger partial charge in [-0.3, -0.25) is 4.79 Å². The standard InChI is InChI=1S/C17H20N2OS2/c1-12-18-19-17(22-12)21-11-16(20)15-9-7-14(8-10-15)13-5-3-2-4-6-13/h7-10,13H,2-6,11H2,1H3. The van der Waals surface area contributed by atoms with Crippen LogP contribution < -0.4 is 0 Å². The van der Waals surface area contributed by atoms with Crippen LogP contribution in [0.5, 0.6) is 0 Å². The van der Waals surface area contributed by atoms with E-state index in [9.17, 15) is 4.79 Å². The number of hydrogen-bond acceptors (Lipinski definition) is 5. The van der Waals surface area contributed by atoms with Crippen LogP contribution in [0, 0.1) is 6.92 Å². The van der Waals surface area contributed by atoms with E-state index >= 15 is 0 Å². The van der Waals surface area contributed by atoms with Crippen molar-refractivity contribution in [1.82, 2.24) is 10.2 Å². The van der Waals surface area contributed by atoms with Crippen molar-refractivity contribution in [3.05, 3.63) is 40.4 Å². The predicted molar refractivity (Wildman–Crippen MR) is 92.0 cm³/mol. The number of thioether (sulfide) groups is 1. The van der Waals surface area contributed by atoms with Gasteiger partial charge in [0.2, 0.25) is 0 Å². The molecule has 0 spiro atoms. The summed E-state index contributed by atoms with van der Waals surface area (Å²) in [6.45, 7) is 1.92. The minimum absolute atomic E-state index is 0.160. The van der Waals surface area contributed by atoms with E-state index in [1.807, 2.05) is 19.1 Å². The lowest BCUT2D eigenvalue weighted by molar-refractivity contribution is 0.102. The van der Waals surface area contributed by atoms with E-state index in [1.165, 1.54) is 60.8 Å². The van der Waals surface area contributed by atoms with Gasteiger partial charge in [0.05, 0.1) is 5.75 Å². The number of rotatable bonds is 5. The number of hydrogen-bond donors (Lipinski definition) is 0. The molecule has 1 heterocycles. The molecule has 0 aliphatic heterocycles. The first kappa shape index (κ1) is 15.7. The summed E-state index contributed by atoms with van der Waals surface area (Å²) in [7, 11) is 0. The van der Waals surface area contributed by atoms with Gasteiger partial charge in [-0.15, -0.1) is 10.2 Å². The Kier molecular flexibility index (Phi) is 5.26. The van der Waals surface area contributed by atoms with Crippen molar-refractivity contribution < 1.29 is 4.79 Å². The maximum Gasteiger partial charge on any atom is 0.174 e. The normalized spacial score (nSPS) is 15.9. The van der Waals surface area contributed by atoms with Crippen molar-refractivity contribution >= 4 is 28.9 Å². The molecule has 1 aliphatic rings. The van der Waals surface area contributed by atoms with Gasteiger partial charge < -0.3 is 0 Å². The van der Waals surface area contributed by atoms with Gasteiger partial charge in [0.25, 0.3) is 0 Å². The highest BCUT2D eigenvalue weighted by Crippen LogP contribution is 2.32. The van der Waals surface area contributed by atoms with Gasteiger partial charge in [0.1, 0.15) is 5.01 Å². The minimum atomic E-state index is 0.160. The lowest BCUT2D eigenvalue weighted by atomic mass is 9.84. The quantitative estimate of drug-likeness (QED) is 0.579. The molecule has 1 aromatic carbocycles. The molecule has 1 aliphatic carbocycles. The molecule has 22 heavy (non-hydrogen) atoms. The van der Waals surface area contributed by atoms with Gasteiger partial charge in [0, 0.05) is 5.56 Å². The van der Waals surface area contributed by atoms with E-state index in [-0.39, 0.29) is 5.78 Å². The van der Waals surface area contributed by atoms with Crippen molar-refractivity contribution in [2.75, 3.05) is 5.75 Å². The third kappa shape index (κ3) is 3.96. The third-order valence-corrected chi connectivity index (χ3v) is 6.12. The molecular weight excluding hydrogens is 312 g/mol. The Morgan fingerprint density at radius 2 is 1.91 bits per heavy atom. The van der Waals surface area contributed by atoms with Gasteiger partial charge in [-0.05, 0) is 31.2 Å². The molecule has 5 heteroatoms. The van der Waals surface area contributed by atoms with E-state index in [2.05, 4.69) is 22.3 Å². The van der Waals surface area contributed by atoms with Crippen molar-refractivity contribution in [3.63, 3.8) is 0 Å². The number of carbonyl (C=O) groups is 1. The number of nitrogens with zero attached hydrogens (tertiary/aromatic N) is 2. The molecule has 1 aromatic heterocycles. The Balaban J connectivity index is 1.58. The van der Waals surface area contributed by atoms with Crippen LogP contribution in [0.4, 0.5) is 0 Å². The van der Waals surface area contributed by atoms with Gasteiger partial charge in [-0.2, -0.15) is 0 Å². The van der Waals surface area contributed by atoms with Crippen molar-refractivity contribution in [2.24, 2.45) is 0 Å². The zero-order valence-corrected chi connectivity index (χ0v) is 14.4. The van der Waals surface area contributed by atoms with E-state index < -0.39 is 0 Å². The summed E-state index contributed by atoms with van der Waals surface area (Å²) in [6, 6.07) is 8.25. The number of ketones is 1. The van der Waals surface area contributed by atoms with Gasteiger partial charge in [0.15, 0.2) is 10.1 Å². The summed E-state index contributed by atoms with van der Waals surface area (Å²) in [5.41, 5.74) is 2.19. The molecule has 0 amide bonds. The summed E-state index contributed by atoms with van der Waals surface area (Å²) in [5.74, 6) is 1.28. The topological polar surface area (TPSA) is 42.9 Å². The van der Waals surface area contributed by atoms with Crippen LogP contribution in [-0.4, -0.2) is 21.7 Å². The minimum Gasteiger partial charge on any atom is -0.293 e. The summed E-state index contributed by atoms with van der Waals surface area (Å²) in [6.07, 6.45) is 6.63. The van der Waals surface area contributed by atoms with Crippen LogP contribution in [-0.2, 0) is 0 Å². The molecule has 0 atom stereocenters. The molecular formula is C17H20N2OS2. The Morgan fingerprint density at radius 1 is 1.18 bits per heavy atom. The second-order valence-electron chi connectivity index (χ2n) is 5.76. The Bertz CT molecular complexity index is 630. The first-order valence-corrected chi connectivity index (χ1v) is 9.58. The van der Waals surface area contributed by atoms with E-state index in [0.29, 0.717) is 11.7 Å². The molecule has 0 bridgehead atoms. The van der Waals surface area contributed by atoms with Crippen LogP contribution in [0.25, 0.3) is 0 Å². The fraction of sp³-hybridized carbons (Fsp3) is 0.471. The van der Waals surface area contributed by atoms with Crippen LogP contribution in [0.3, 0.4) is 0 Å². The van der Waals surface area contributed by atoms with Gasteiger partial charge >= 0.3 is 0 Å². The van der Waals surface area contributed by atoms with E-state index in [1.54, 1.807) is 0 Å². The molecule has 1 saturated carbocycles. The molecule has 1 fully saturated rings. The fourth-order valence-corrected chi connectivity index (χ4v) is 4.63. The van der Waals surface area contributed by atoms with Gasteiger partial charge in [-0.25, -0.2) is 0 Å². The monoisotopic (exact) mass is 332 g/mol. The third-order valence-electron chi connectivity index (χ3n) is 4.14. The summed E-state index contributed by atoms with van der Waals surface area (Å²) < 4.78 is 0.865. The van der Waals surface area contributed by atoms with Crippen molar-refractivity contribution in [3.8, 4) is 0 Å². The van der Waals surface area contributed by atoms with Crippen molar-refractivity contribution in [1.29, 1.82) is 0 Å². The maximum atomic E-state index is 12.2. The zero-order chi connectivity index (χ0) is 15.4. The summed E-state index contributed by atoms with van der Waals surface area (Å²) >= 11 is 3.01. The maximum absolute atomic E-state index is 12.2. The zero-order valence-electron chi connectivity index (χ0n) is 12.7. The number of carbonyl (C=O) groups excluding carboxylic acids is 1. The highest BCUT2D eigenvalue weighted by molar-refractivity contribution is 8.01. The van der Waals surface area contributed by atoms with Crippen molar-refractivity contribution in [2.45, 2.75) is 49.3 Å². The second-order valence-corrected chi connectivity index (χ2v) is 8.16. The lowest BCUT2D eigenvalue weighted by Gasteiger charge is -2.22. The molecule has 2 aromatic rings. The predicted octanol–water partition coefficient (Wildman–Crippen LogP) is 4.87. The number of benzene rings is 1. The smallest absolute Gasteiger partial charge is 0.174 e. The number of aromatic nitrogens is 2. The molecule has 0 N–H and O–H groups in total. The Labute approximate surface area is 139 Å². The molecule has 3 rings (SSSR count). The fourth-order valence-electron chi connectivity index (χ4n) is 2.92. The largest absolute Gasteiger partial charge is 0.293 e. The van der Waals surface area contributed by atoms with Crippen LogP contribution in [0.15, 0.2) is 28.6 Å². The number of Topliss-reactive ketones (excluding diaryl/α,β-unsaturated/α-hetero) is 1. The highest BCUT2D eigenvalue weighted by atomic mass is 32.2. The Hall–Kier alpha value is -1.20. The summed E-state index contributed by atoms with van der Waals surface area (Å²) in [4.78, 5) is 12.2. The van der Waals surface area contributed by atoms with Crippen LogP contribution in [0.2, 0.25) is 0 Å². The Morgan fingerprint density at radius 3 is 2.55 bits per heavy atom. The first-order valence-electron chi connectivity index (χ1n) is 7.78. The molecule has 116 valence electrons. The molecule has 0 unspecified atom stereocenters. The number of aryl methyl sites for hydroxylation is 1. The highest BCUT2D eigenvalue weighted by Gasteiger charge is 2.16. The molecule has 0 saturated heterocycles. The van der Waals surface area contributed by atoms with Crippen LogP contribution in [0.1, 0.15) is 59.0 Å². The first-order chi connectivity index (χ1) is 10.7. The molecule has 3 nitrogen and oxygen atoms in total. The van der Waals surface area contributed by atoms with E-state index in [0.717, 1.165) is 14.9 Å². The average Bonchev–Trinajstić information content (AvgIpc) is 2.99. The second kappa shape index (κ2) is 7.38. The lowest BCUT2D eigenvalue weighted by Crippen LogP contribution is -2.06.